The summed E-state index contributed by atoms with van der Waals surface area (Å²) in [5, 5.41) is 7.78. The molecule has 0 aliphatic rings. The third-order valence-electron chi connectivity index (χ3n) is 3.71. The predicted octanol–water partition coefficient (Wildman–Crippen LogP) is 4.98. The van der Waals surface area contributed by atoms with Crippen LogP contribution in [0, 0.1) is 0 Å². The molecular weight excluding hydrogens is 234 g/mol. The van der Waals surface area contributed by atoms with E-state index in [4.69, 9.17) is 0 Å². The predicted molar refractivity (Wildman–Crippen MR) is 81.1 cm³/mol. The fourth-order valence-corrected chi connectivity index (χ4v) is 2.47. The number of hydrogen-bond acceptors (Lipinski definition) is 2. The van der Waals surface area contributed by atoms with Crippen molar-refractivity contribution in [3.63, 3.8) is 0 Å². The van der Waals surface area contributed by atoms with Gasteiger partial charge in [0.25, 0.3) is 0 Å². The van der Waals surface area contributed by atoms with E-state index in [1.807, 2.05) is 10.9 Å². The van der Waals surface area contributed by atoms with E-state index in [2.05, 4.69) is 17.2 Å². The number of unbranched alkanes of at least 4 members (excludes halogenated alkanes) is 11. The largest absolute Gasteiger partial charge is 0.253 e. The van der Waals surface area contributed by atoms with Crippen LogP contribution in [0.15, 0.2) is 12.4 Å². The van der Waals surface area contributed by atoms with E-state index in [9.17, 15) is 0 Å². The molecule has 0 unspecified atom stereocenters. The lowest BCUT2D eigenvalue weighted by Gasteiger charge is -2.03. The van der Waals surface area contributed by atoms with Gasteiger partial charge in [-0.1, -0.05) is 82.8 Å². The van der Waals surface area contributed by atoms with E-state index in [1.54, 1.807) is 6.20 Å². The lowest BCUT2D eigenvalue weighted by molar-refractivity contribution is 0.505. The average molecular weight is 265 g/mol. The summed E-state index contributed by atoms with van der Waals surface area (Å²) in [6.07, 6.45) is 20.5. The molecule has 0 saturated carbocycles. The van der Waals surface area contributed by atoms with Gasteiger partial charge >= 0.3 is 0 Å². The summed E-state index contributed by atoms with van der Waals surface area (Å²) in [4.78, 5) is 0. The van der Waals surface area contributed by atoms with Gasteiger partial charge in [-0.25, -0.2) is 0 Å². The quantitative estimate of drug-likeness (QED) is 0.471. The van der Waals surface area contributed by atoms with Gasteiger partial charge in [-0.2, -0.15) is 0 Å². The molecule has 3 nitrogen and oxygen atoms in total. The Morgan fingerprint density at radius 2 is 1.26 bits per heavy atom. The number of hydrogen-bond donors (Lipinski definition) is 0. The zero-order chi connectivity index (χ0) is 13.6. The lowest BCUT2D eigenvalue weighted by Crippen LogP contribution is -1.98. The maximum absolute atomic E-state index is 3.97. The van der Waals surface area contributed by atoms with Crippen LogP contribution in [0.4, 0.5) is 0 Å². The van der Waals surface area contributed by atoms with Gasteiger partial charge in [0.15, 0.2) is 0 Å². The van der Waals surface area contributed by atoms with Crippen molar-refractivity contribution in [1.82, 2.24) is 15.0 Å². The van der Waals surface area contributed by atoms with Crippen molar-refractivity contribution in [3.05, 3.63) is 12.4 Å². The van der Waals surface area contributed by atoms with E-state index in [0.717, 1.165) is 6.54 Å². The van der Waals surface area contributed by atoms with Crippen molar-refractivity contribution in [1.29, 1.82) is 0 Å². The van der Waals surface area contributed by atoms with Gasteiger partial charge in [-0.15, -0.1) is 5.10 Å². The van der Waals surface area contributed by atoms with E-state index in [-0.39, 0.29) is 0 Å². The Labute approximate surface area is 118 Å². The van der Waals surface area contributed by atoms with Crippen molar-refractivity contribution in [2.45, 2.75) is 90.5 Å². The zero-order valence-electron chi connectivity index (χ0n) is 12.7. The first-order chi connectivity index (χ1) is 9.43. The zero-order valence-corrected chi connectivity index (χ0v) is 12.7. The van der Waals surface area contributed by atoms with Crippen LogP contribution in [0.3, 0.4) is 0 Å². The van der Waals surface area contributed by atoms with Crippen LogP contribution >= 0.6 is 0 Å². The van der Waals surface area contributed by atoms with Crippen LogP contribution in [0.1, 0.15) is 84.0 Å². The van der Waals surface area contributed by atoms with Crippen molar-refractivity contribution in [2.24, 2.45) is 0 Å². The van der Waals surface area contributed by atoms with E-state index < -0.39 is 0 Å². The van der Waals surface area contributed by atoms with Crippen LogP contribution < -0.4 is 0 Å². The highest BCUT2D eigenvalue weighted by Gasteiger charge is 1.94. The Hall–Kier alpha value is -0.860. The standard InChI is InChI=1S/C16H31N3/c1-2-3-4-5-6-7-8-9-10-11-12-13-15-19-16-14-17-18-19/h14,16H,2-13,15H2,1H3. The number of rotatable bonds is 13. The molecule has 0 amide bonds. The summed E-state index contributed by atoms with van der Waals surface area (Å²) in [5.74, 6) is 0. The molecule has 0 atom stereocenters. The average Bonchev–Trinajstić information content (AvgIpc) is 2.93. The maximum Gasteiger partial charge on any atom is 0.0692 e. The molecule has 1 heterocycles. The van der Waals surface area contributed by atoms with Gasteiger partial charge in [-0.3, -0.25) is 4.68 Å². The smallest absolute Gasteiger partial charge is 0.0692 e. The maximum atomic E-state index is 3.97. The van der Waals surface area contributed by atoms with Crippen molar-refractivity contribution in [3.8, 4) is 0 Å². The minimum atomic E-state index is 1.03. The van der Waals surface area contributed by atoms with Crippen LogP contribution in [0.5, 0.6) is 0 Å². The molecule has 0 aromatic carbocycles. The highest BCUT2D eigenvalue weighted by molar-refractivity contribution is 4.63. The summed E-state index contributed by atoms with van der Waals surface area (Å²) in [5.41, 5.74) is 0. The van der Waals surface area contributed by atoms with Crippen LogP contribution in [-0.4, -0.2) is 15.0 Å². The lowest BCUT2D eigenvalue weighted by atomic mass is 10.1. The second-order valence-corrected chi connectivity index (χ2v) is 5.56. The Kier molecular flexibility index (Phi) is 10.4. The number of aromatic nitrogens is 3. The Balaban J connectivity index is 1.72. The molecule has 1 rings (SSSR count). The van der Waals surface area contributed by atoms with Crippen molar-refractivity contribution >= 4 is 0 Å². The van der Waals surface area contributed by atoms with Crippen molar-refractivity contribution < 1.29 is 0 Å². The molecule has 3 heteroatoms. The third kappa shape index (κ3) is 9.69. The first-order valence-electron chi connectivity index (χ1n) is 8.27. The molecule has 19 heavy (non-hydrogen) atoms. The molecule has 0 fully saturated rings. The fourth-order valence-electron chi connectivity index (χ4n) is 2.47. The monoisotopic (exact) mass is 265 g/mol. The van der Waals surface area contributed by atoms with E-state index in [0.29, 0.717) is 0 Å². The molecular formula is C16H31N3. The molecule has 1 aromatic heterocycles. The molecule has 0 aliphatic heterocycles. The molecule has 110 valence electrons. The van der Waals surface area contributed by atoms with Crippen LogP contribution in [-0.2, 0) is 6.54 Å². The minimum Gasteiger partial charge on any atom is -0.253 e. The molecule has 0 spiro atoms. The summed E-state index contributed by atoms with van der Waals surface area (Å²) in [6.45, 7) is 3.31. The van der Waals surface area contributed by atoms with Gasteiger partial charge in [0, 0.05) is 12.7 Å². The van der Waals surface area contributed by atoms with Crippen molar-refractivity contribution in [2.75, 3.05) is 0 Å². The summed E-state index contributed by atoms with van der Waals surface area (Å²) >= 11 is 0. The second-order valence-electron chi connectivity index (χ2n) is 5.56. The Morgan fingerprint density at radius 1 is 0.737 bits per heavy atom. The minimum absolute atomic E-state index is 1.03. The van der Waals surface area contributed by atoms with Gasteiger partial charge in [0.05, 0.1) is 6.20 Å². The highest BCUT2D eigenvalue weighted by atomic mass is 15.4. The van der Waals surface area contributed by atoms with E-state index >= 15 is 0 Å². The Bertz CT molecular complexity index is 270. The molecule has 0 bridgehead atoms. The Morgan fingerprint density at radius 3 is 1.74 bits per heavy atom. The second kappa shape index (κ2) is 12.2. The fraction of sp³-hybridized carbons (Fsp3) is 0.875. The number of nitrogens with zero attached hydrogens (tertiary/aromatic N) is 3. The van der Waals surface area contributed by atoms with Crippen LogP contribution in [0.2, 0.25) is 0 Å². The first kappa shape index (κ1) is 16.2. The third-order valence-corrected chi connectivity index (χ3v) is 3.71. The molecule has 1 aromatic rings. The highest BCUT2D eigenvalue weighted by Crippen LogP contribution is 2.12. The van der Waals surface area contributed by atoms with Gasteiger partial charge in [0.2, 0.25) is 0 Å². The van der Waals surface area contributed by atoms with Crippen LogP contribution in [0.25, 0.3) is 0 Å². The normalized spacial score (nSPS) is 11.0. The van der Waals surface area contributed by atoms with Gasteiger partial charge in [-0.05, 0) is 6.42 Å². The summed E-state index contributed by atoms with van der Waals surface area (Å²) in [6, 6.07) is 0. The topological polar surface area (TPSA) is 30.7 Å². The van der Waals surface area contributed by atoms with Gasteiger partial charge in [0.1, 0.15) is 0 Å². The SMILES string of the molecule is CCCCCCCCCCCCCCn1ccnn1. The molecule has 0 aliphatic carbocycles. The summed E-state index contributed by atoms with van der Waals surface area (Å²) in [7, 11) is 0. The van der Waals surface area contributed by atoms with Gasteiger partial charge < -0.3 is 0 Å². The molecule has 0 saturated heterocycles. The molecule has 0 N–H and O–H groups in total. The first-order valence-corrected chi connectivity index (χ1v) is 8.27. The molecule has 0 radical (unpaired) electrons. The summed E-state index contributed by atoms with van der Waals surface area (Å²) < 4.78 is 1.93. The number of aryl methyl sites for hydroxylation is 1. The van der Waals surface area contributed by atoms with E-state index in [1.165, 1.54) is 77.0 Å².